The summed E-state index contributed by atoms with van der Waals surface area (Å²) in [4.78, 5) is 4.79. The fourth-order valence-electron chi connectivity index (χ4n) is 3.04. The number of hydrogen-bond acceptors (Lipinski definition) is 2. The van der Waals surface area contributed by atoms with Crippen molar-refractivity contribution in [2.75, 3.05) is 13.2 Å². The first-order valence-corrected chi connectivity index (χ1v) is 6.94. The Morgan fingerprint density at radius 1 is 1.47 bits per heavy atom. The fourth-order valence-corrected chi connectivity index (χ4v) is 3.04. The first-order chi connectivity index (χ1) is 8.31. The van der Waals surface area contributed by atoms with Gasteiger partial charge in [0.1, 0.15) is 5.82 Å². The number of ether oxygens (including phenoxy) is 1. The molecule has 0 bridgehead atoms. The molecule has 94 valence electrons. The van der Waals surface area contributed by atoms with Crippen LogP contribution in [0.4, 0.5) is 0 Å². The number of fused-ring (bicyclic) bond motifs is 1. The molecule has 0 radical (unpaired) electrons. The van der Waals surface area contributed by atoms with E-state index in [0.29, 0.717) is 5.92 Å². The van der Waals surface area contributed by atoms with E-state index in [1.165, 1.54) is 30.8 Å². The van der Waals surface area contributed by atoms with Gasteiger partial charge in [-0.2, -0.15) is 0 Å². The molecule has 0 spiro atoms. The van der Waals surface area contributed by atoms with Crippen molar-refractivity contribution in [3.63, 3.8) is 0 Å². The second-order valence-electron chi connectivity index (χ2n) is 5.73. The van der Waals surface area contributed by atoms with E-state index in [4.69, 9.17) is 9.72 Å². The number of hydrogen-bond donors (Lipinski definition) is 0. The van der Waals surface area contributed by atoms with Gasteiger partial charge in [0.25, 0.3) is 0 Å². The summed E-state index contributed by atoms with van der Waals surface area (Å²) >= 11 is 0. The summed E-state index contributed by atoms with van der Waals surface area (Å²) in [5, 5.41) is 0. The highest BCUT2D eigenvalue weighted by molar-refractivity contribution is 5.07. The Labute approximate surface area is 103 Å². The van der Waals surface area contributed by atoms with Crippen molar-refractivity contribution in [3.05, 3.63) is 17.7 Å². The van der Waals surface area contributed by atoms with Crippen LogP contribution >= 0.6 is 0 Å². The average Bonchev–Trinajstić information content (AvgIpc) is 2.71. The summed E-state index contributed by atoms with van der Waals surface area (Å²) in [6.07, 6.45) is 8.35. The summed E-state index contributed by atoms with van der Waals surface area (Å²) in [6, 6.07) is 0. The van der Waals surface area contributed by atoms with Gasteiger partial charge in [-0.25, -0.2) is 4.98 Å². The van der Waals surface area contributed by atoms with Crippen LogP contribution in [0.3, 0.4) is 0 Å². The molecule has 3 nitrogen and oxygen atoms in total. The maximum atomic E-state index is 5.54. The van der Waals surface area contributed by atoms with Crippen LogP contribution in [-0.2, 0) is 24.1 Å². The second kappa shape index (κ2) is 4.81. The number of aromatic nitrogens is 2. The molecule has 0 aromatic carbocycles. The molecule has 2 aliphatic rings. The molecule has 1 aromatic rings. The summed E-state index contributed by atoms with van der Waals surface area (Å²) in [5.41, 5.74) is 1.28. The molecule has 1 aromatic heterocycles. The molecular formula is C14H22N2O. The van der Waals surface area contributed by atoms with E-state index in [1.54, 1.807) is 0 Å². The van der Waals surface area contributed by atoms with E-state index in [0.717, 1.165) is 38.5 Å². The molecule has 2 atom stereocenters. The van der Waals surface area contributed by atoms with Crippen LogP contribution in [0.25, 0.3) is 0 Å². The van der Waals surface area contributed by atoms with E-state index in [2.05, 4.69) is 17.7 Å². The third-order valence-electron chi connectivity index (χ3n) is 4.03. The Bertz CT molecular complexity index is 380. The molecule has 0 aliphatic carbocycles. The highest BCUT2D eigenvalue weighted by Crippen LogP contribution is 2.22. The second-order valence-corrected chi connectivity index (χ2v) is 5.73. The van der Waals surface area contributed by atoms with Crippen LogP contribution in [0, 0.1) is 11.8 Å². The molecule has 0 N–H and O–H groups in total. The van der Waals surface area contributed by atoms with Crippen molar-refractivity contribution in [3.8, 4) is 0 Å². The lowest BCUT2D eigenvalue weighted by molar-refractivity contribution is 0.0547. The van der Waals surface area contributed by atoms with Gasteiger partial charge in [-0.05, 0) is 37.5 Å². The summed E-state index contributed by atoms with van der Waals surface area (Å²) < 4.78 is 7.91. The van der Waals surface area contributed by atoms with E-state index >= 15 is 0 Å². The summed E-state index contributed by atoms with van der Waals surface area (Å²) in [7, 11) is 0. The predicted octanol–water partition coefficient (Wildman–Crippen LogP) is 2.43. The zero-order chi connectivity index (χ0) is 11.7. The van der Waals surface area contributed by atoms with Gasteiger partial charge < -0.3 is 9.30 Å². The Balaban J connectivity index is 1.67. The van der Waals surface area contributed by atoms with Crippen LogP contribution in [0.5, 0.6) is 0 Å². The molecule has 0 saturated carbocycles. The van der Waals surface area contributed by atoms with Crippen molar-refractivity contribution in [1.29, 1.82) is 0 Å². The largest absolute Gasteiger partial charge is 0.381 e. The van der Waals surface area contributed by atoms with E-state index in [1.807, 2.05) is 0 Å². The smallest absolute Gasteiger partial charge is 0.108 e. The average molecular weight is 234 g/mol. The fraction of sp³-hybridized carbons (Fsp3) is 0.786. The first kappa shape index (κ1) is 11.3. The van der Waals surface area contributed by atoms with Crippen LogP contribution in [0.2, 0.25) is 0 Å². The highest BCUT2D eigenvalue weighted by atomic mass is 16.5. The third kappa shape index (κ3) is 2.54. The number of imidazole rings is 1. The number of aryl methyl sites for hydroxylation is 1. The van der Waals surface area contributed by atoms with Gasteiger partial charge in [0, 0.05) is 32.4 Å². The van der Waals surface area contributed by atoms with Gasteiger partial charge in [-0.1, -0.05) is 6.92 Å². The number of rotatable bonds is 2. The summed E-state index contributed by atoms with van der Waals surface area (Å²) in [5.74, 6) is 2.80. The topological polar surface area (TPSA) is 27.1 Å². The van der Waals surface area contributed by atoms with Crippen LogP contribution < -0.4 is 0 Å². The molecule has 3 heterocycles. The molecule has 1 fully saturated rings. The van der Waals surface area contributed by atoms with Gasteiger partial charge in [0.2, 0.25) is 0 Å². The molecule has 0 amide bonds. The van der Waals surface area contributed by atoms with Gasteiger partial charge in [0.15, 0.2) is 0 Å². The molecule has 2 unspecified atom stereocenters. The molecule has 3 heteroatoms. The van der Waals surface area contributed by atoms with Crippen molar-refractivity contribution in [2.45, 2.75) is 45.6 Å². The van der Waals surface area contributed by atoms with Gasteiger partial charge in [-0.3, -0.25) is 0 Å². The lowest BCUT2D eigenvalue weighted by Crippen LogP contribution is -2.19. The lowest BCUT2D eigenvalue weighted by atomic mass is 9.97. The van der Waals surface area contributed by atoms with Crippen LogP contribution in [0.1, 0.15) is 37.7 Å². The van der Waals surface area contributed by atoms with Gasteiger partial charge in [-0.15, -0.1) is 0 Å². The Hall–Kier alpha value is -0.830. The minimum atomic E-state index is 0.693. The minimum Gasteiger partial charge on any atom is -0.381 e. The van der Waals surface area contributed by atoms with E-state index in [-0.39, 0.29) is 0 Å². The third-order valence-corrected chi connectivity index (χ3v) is 4.03. The molecule has 3 rings (SSSR count). The van der Waals surface area contributed by atoms with Crippen molar-refractivity contribution < 1.29 is 4.74 Å². The molecular weight excluding hydrogens is 212 g/mol. The Morgan fingerprint density at radius 2 is 2.41 bits per heavy atom. The monoisotopic (exact) mass is 234 g/mol. The van der Waals surface area contributed by atoms with E-state index in [9.17, 15) is 0 Å². The van der Waals surface area contributed by atoms with Gasteiger partial charge >= 0.3 is 0 Å². The quantitative estimate of drug-likeness (QED) is 0.786. The molecule has 2 aliphatic heterocycles. The van der Waals surface area contributed by atoms with Crippen molar-refractivity contribution >= 4 is 0 Å². The van der Waals surface area contributed by atoms with Crippen molar-refractivity contribution in [1.82, 2.24) is 9.55 Å². The summed E-state index contributed by atoms with van der Waals surface area (Å²) in [6.45, 7) is 5.37. The minimum absolute atomic E-state index is 0.693. The zero-order valence-electron chi connectivity index (χ0n) is 10.7. The molecule has 1 saturated heterocycles. The van der Waals surface area contributed by atoms with Gasteiger partial charge in [0.05, 0.1) is 5.69 Å². The van der Waals surface area contributed by atoms with E-state index < -0.39 is 0 Å². The highest BCUT2D eigenvalue weighted by Gasteiger charge is 2.20. The van der Waals surface area contributed by atoms with Crippen molar-refractivity contribution in [2.24, 2.45) is 11.8 Å². The van der Waals surface area contributed by atoms with Crippen LogP contribution in [-0.4, -0.2) is 22.8 Å². The maximum Gasteiger partial charge on any atom is 0.108 e. The Kier molecular flexibility index (Phi) is 3.19. The zero-order valence-corrected chi connectivity index (χ0v) is 10.7. The first-order valence-electron chi connectivity index (χ1n) is 6.94. The maximum absolute atomic E-state index is 5.54. The SMILES string of the molecule is CC1CCc2nc(CC3CCCOC3)cn2C1. The Morgan fingerprint density at radius 3 is 3.24 bits per heavy atom. The normalized spacial score (nSPS) is 29.0. The standard InChI is InChI=1S/C14H22N2O/c1-11-4-5-14-15-13(9-16(14)8-11)7-12-3-2-6-17-10-12/h9,11-12H,2-8,10H2,1H3. The molecule has 17 heavy (non-hydrogen) atoms. The number of nitrogens with zero attached hydrogens (tertiary/aromatic N) is 2. The van der Waals surface area contributed by atoms with Crippen LogP contribution in [0.15, 0.2) is 6.20 Å². The lowest BCUT2D eigenvalue weighted by Gasteiger charge is -2.20. The predicted molar refractivity (Wildman–Crippen MR) is 67.0 cm³/mol.